The first kappa shape index (κ1) is 15.3. The molecule has 0 aliphatic heterocycles. The van der Waals surface area contributed by atoms with E-state index >= 15 is 0 Å². The van der Waals surface area contributed by atoms with Crippen LogP contribution in [-0.2, 0) is 4.79 Å². The van der Waals surface area contributed by atoms with Gasteiger partial charge in [-0.1, -0.05) is 62.7 Å². The van der Waals surface area contributed by atoms with E-state index in [0.717, 1.165) is 16.7 Å². The molecular formula is C19H22O2. The minimum Gasteiger partial charge on any atom is -0.426 e. The normalized spacial score (nSPS) is 11.2. The van der Waals surface area contributed by atoms with Gasteiger partial charge in [-0.3, -0.25) is 4.79 Å². The second-order valence-electron chi connectivity index (χ2n) is 6.58. The largest absolute Gasteiger partial charge is 0.426 e. The summed E-state index contributed by atoms with van der Waals surface area (Å²) in [5.74, 6) is 0.435. The molecule has 0 unspecified atom stereocenters. The highest BCUT2D eigenvalue weighted by Gasteiger charge is 2.19. The molecule has 21 heavy (non-hydrogen) atoms. The molecule has 0 saturated heterocycles. The lowest BCUT2D eigenvalue weighted by Crippen LogP contribution is -2.17. The van der Waals surface area contributed by atoms with Crippen LogP contribution < -0.4 is 4.74 Å². The summed E-state index contributed by atoms with van der Waals surface area (Å²) in [6, 6.07) is 15.9. The number of aryl methyl sites for hydroxylation is 1. The van der Waals surface area contributed by atoms with Crippen LogP contribution in [0.15, 0.2) is 48.5 Å². The predicted octanol–water partition coefficient (Wildman–Crippen LogP) is 5.00. The molecule has 0 aromatic heterocycles. The van der Waals surface area contributed by atoms with Crippen LogP contribution in [0.2, 0.25) is 0 Å². The summed E-state index contributed by atoms with van der Waals surface area (Å²) >= 11 is 0. The summed E-state index contributed by atoms with van der Waals surface area (Å²) in [5, 5.41) is 0. The highest BCUT2D eigenvalue weighted by molar-refractivity contribution is 5.78. The highest BCUT2D eigenvalue weighted by atomic mass is 16.5. The van der Waals surface area contributed by atoms with Crippen molar-refractivity contribution in [3.05, 3.63) is 54.1 Å². The number of rotatable bonds is 3. The van der Waals surface area contributed by atoms with Gasteiger partial charge in [0.1, 0.15) is 5.75 Å². The van der Waals surface area contributed by atoms with Gasteiger partial charge in [-0.05, 0) is 30.0 Å². The lowest BCUT2D eigenvalue weighted by molar-refractivity contribution is -0.136. The molecule has 2 rings (SSSR count). The molecular weight excluding hydrogens is 260 g/mol. The monoisotopic (exact) mass is 282 g/mol. The van der Waals surface area contributed by atoms with Gasteiger partial charge >= 0.3 is 5.97 Å². The van der Waals surface area contributed by atoms with Gasteiger partial charge < -0.3 is 4.74 Å². The molecule has 0 aliphatic rings. The average molecular weight is 282 g/mol. The zero-order chi connectivity index (χ0) is 15.5. The number of benzene rings is 2. The number of carbonyl (C=O) groups is 1. The van der Waals surface area contributed by atoms with Crippen molar-refractivity contribution in [3.63, 3.8) is 0 Å². The van der Waals surface area contributed by atoms with Crippen LogP contribution in [0.1, 0.15) is 32.8 Å². The summed E-state index contributed by atoms with van der Waals surface area (Å²) in [6.45, 7) is 8.12. The van der Waals surface area contributed by atoms with E-state index in [1.54, 1.807) is 0 Å². The van der Waals surface area contributed by atoms with Gasteiger partial charge in [0.25, 0.3) is 0 Å². The van der Waals surface area contributed by atoms with E-state index in [2.05, 4.69) is 6.07 Å². The molecule has 0 spiro atoms. The number of hydrogen-bond donors (Lipinski definition) is 0. The fourth-order valence-electron chi connectivity index (χ4n) is 2.17. The van der Waals surface area contributed by atoms with Crippen molar-refractivity contribution in [1.82, 2.24) is 0 Å². The van der Waals surface area contributed by atoms with Gasteiger partial charge in [0.05, 0.1) is 6.42 Å². The zero-order valence-corrected chi connectivity index (χ0v) is 13.1. The van der Waals surface area contributed by atoms with Crippen molar-refractivity contribution in [2.75, 3.05) is 0 Å². The van der Waals surface area contributed by atoms with E-state index < -0.39 is 0 Å². The van der Waals surface area contributed by atoms with E-state index in [0.29, 0.717) is 12.2 Å². The van der Waals surface area contributed by atoms with E-state index in [-0.39, 0.29) is 11.4 Å². The molecule has 0 aliphatic carbocycles. The Bertz CT molecular complexity index is 622. The second-order valence-corrected chi connectivity index (χ2v) is 6.58. The Morgan fingerprint density at radius 2 is 1.71 bits per heavy atom. The van der Waals surface area contributed by atoms with Crippen LogP contribution in [-0.4, -0.2) is 5.97 Å². The van der Waals surface area contributed by atoms with E-state index in [9.17, 15) is 4.79 Å². The summed E-state index contributed by atoms with van der Waals surface area (Å²) in [7, 11) is 0. The van der Waals surface area contributed by atoms with Crippen LogP contribution in [0.4, 0.5) is 0 Å². The second kappa shape index (κ2) is 6.13. The number of esters is 1. The fourth-order valence-corrected chi connectivity index (χ4v) is 2.17. The predicted molar refractivity (Wildman–Crippen MR) is 86.3 cm³/mol. The Morgan fingerprint density at radius 3 is 2.33 bits per heavy atom. The van der Waals surface area contributed by atoms with Crippen LogP contribution in [0.3, 0.4) is 0 Å². The van der Waals surface area contributed by atoms with Crippen molar-refractivity contribution in [3.8, 4) is 16.9 Å². The fraction of sp³-hybridized carbons (Fsp3) is 0.316. The first-order valence-electron chi connectivity index (χ1n) is 7.22. The highest BCUT2D eigenvalue weighted by Crippen LogP contribution is 2.32. The van der Waals surface area contributed by atoms with E-state index in [1.165, 1.54) is 0 Å². The summed E-state index contributed by atoms with van der Waals surface area (Å²) in [4.78, 5) is 12.1. The third kappa shape index (κ3) is 4.45. The molecule has 0 heterocycles. The van der Waals surface area contributed by atoms with Crippen LogP contribution in [0.25, 0.3) is 11.1 Å². The van der Waals surface area contributed by atoms with Gasteiger partial charge in [-0.2, -0.15) is 0 Å². The Labute approximate surface area is 126 Å². The Hall–Kier alpha value is -2.09. The molecule has 0 bridgehead atoms. The Morgan fingerprint density at radius 1 is 1.05 bits per heavy atom. The van der Waals surface area contributed by atoms with Crippen molar-refractivity contribution in [2.45, 2.75) is 34.1 Å². The van der Waals surface area contributed by atoms with Gasteiger partial charge in [-0.15, -0.1) is 0 Å². The zero-order valence-electron chi connectivity index (χ0n) is 13.1. The standard InChI is InChI=1S/C19H22O2/c1-14-10-11-17(21-18(20)13-19(2,3)4)16(12-14)15-8-6-5-7-9-15/h5-12H,13H2,1-4H3. The molecule has 110 valence electrons. The van der Waals surface area contributed by atoms with E-state index in [1.807, 2.05) is 70.2 Å². The molecule has 0 radical (unpaired) electrons. The van der Waals surface area contributed by atoms with Gasteiger partial charge in [0, 0.05) is 5.56 Å². The van der Waals surface area contributed by atoms with Crippen molar-refractivity contribution in [2.24, 2.45) is 5.41 Å². The molecule has 0 amide bonds. The number of ether oxygens (including phenoxy) is 1. The maximum Gasteiger partial charge on any atom is 0.311 e. The molecule has 0 N–H and O–H groups in total. The van der Waals surface area contributed by atoms with Gasteiger partial charge in [-0.25, -0.2) is 0 Å². The van der Waals surface area contributed by atoms with Crippen LogP contribution in [0.5, 0.6) is 5.75 Å². The average Bonchev–Trinajstić information content (AvgIpc) is 2.40. The van der Waals surface area contributed by atoms with E-state index in [4.69, 9.17) is 4.74 Å². The quantitative estimate of drug-likeness (QED) is 0.584. The summed E-state index contributed by atoms with van der Waals surface area (Å²) in [5.41, 5.74) is 3.08. The Balaban J connectivity index is 2.30. The SMILES string of the molecule is Cc1ccc(OC(=O)CC(C)(C)C)c(-c2ccccc2)c1. The summed E-state index contributed by atoms with van der Waals surface area (Å²) < 4.78 is 5.59. The van der Waals surface area contributed by atoms with Crippen LogP contribution in [0, 0.1) is 12.3 Å². The first-order chi connectivity index (χ1) is 9.85. The lowest BCUT2D eigenvalue weighted by Gasteiger charge is -2.17. The topological polar surface area (TPSA) is 26.3 Å². The number of hydrogen-bond acceptors (Lipinski definition) is 2. The minimum atomic E-state index is -0.191. The molecule has 0 fully saturated rings. The van der Waals surface area contributed by atoms with Crippen LogP contribution >= 0.6 is 0 Å². The molecule has 0 atom stereocenters. The maximum atomic E-state index is 12.1. The Kier molecular flexibility index (Phi) is 4.46. The summed E-state index contributed by atoms with van der Waals surface area (Å²) in [6.07, 6.45) is 0.398. The number of carbonyl (C=O) groups excluding carboxylic acids is 1. The van der Waals surface area contributed by atoms with Gasteiger partial charge in [0.15, 0.2) is 0 Å². The smallest absolute Gasteiger partial charge is 0.311 e. The molecule has 2 aromatic rings. The van der Waals surface area contributed by atoms with Crippen molar-refractivity contribution < 1.29 is 9.53 Å². The molecule has 2 aromatic carbocycles. The van der Waals surface area contributed by atoms with Crippen molar-refractivity contribution in [1.29, 1.82) is 0 Å². The third-order valence-corrected chi connectivity index (χ3v) is 3.12. The third-order valence-electron chi connectivity index (χ3n) is 3.12. The lowest BCUT2D eigenvalue weighted by atomic mass is 9.92. The molecule has 0 saturated carbocycles. The minimum absolute atomic E-state index is 0.0747. The van der Waals surface area contributed by atoms with Crippen molar-refractivity contribution >= 4 is 5.97 Å². The molecule has 2 nitrogen and oxygen atoms in total. The maximum absolute atomic E-state index is 12.1. The molecule has 2 heteroatoms. The van der Waals surface area contributed by atoms with Gasteiger partial charge in [0.2, 0.25) is 0 Å². The first-order valence-corrected chi connectivity index (χ1v) is 7.22.